The molecule has 0 fully saturated rings. The van der Waals surface area contributed by atoms with Crippen molar-refractivity contribution in [3.8, 4) is 5.75 Å². The summed E-state index contributed by atoms with van der Waals surface area (Å²) in [6.07, 6.45) is 1.67. The summed E-state index contributed by atoms with van der Waals surface area (Å²) >= 11 is 0. The molecule has 1 heterocycles. The van der Waals surface area contributed by atoms with Gasteiger partial charge in [-0.15, -0.1) is 0 Å². The molecule has 0 spiro atoms. The quantitative estimate of drug-likeness (QED) is 0.688. The Bertz CT molecular complexity index is 847. The summed E-state index contributed by atoms with van der Waals surface area (Å²) in [6, 6.07) is 21.0. The number of anilines is 2. The molecule has 0 aliphatic heterocycles. The number of pyridine rings is 1. The van der Waals surface area contributed by atoms with Crippen LogP contribution in [-0.2, 0) is 0 Å². The molecule has 132 valence electrons. The van der Waals surface area contributed by atoms with E-state index in [1.54, 1.807) is 43.6 Å². The van der Waals surface area contributed by atoms with E-state index in [9.17, 15) is 4.79 Å². The van der Waals surface area contributed by atoms with E-state index in [4.69, 9.17) is 4.74 Å². The number of nitrogens with zero attached hydrogens (tertiary/aromatic N) is 1. The number of methoxy groups -OCH3 is 1. The molecule has 2 N–H and O–H groups in total. The van der Waals surface area contributed by atoms with Crippen molar-refractivity contribution in [1.82, 2.24) is 4.98 Å². The van der Waals surface area contributed by atoms with Crippen molar-refractivity contribution in [2.45, 2.75) is 13.0 Å². The molecule has 2 aromatic carbocycles. The van der Waals surface area contributed by atoms with Gasteiger partial charge in [-0.3, -0.25) is 4.79 Å². The van der Waals surface area contributed by atoms with Gasteiger partial charge in [0.25, 0.3) is 5.91 Å². The van der Waals surface area contributed by atoms with E-state index in [2.05, 4.69) is 34.7 Å². The molecule has 26 heavy (non-hydrogen) atoms. The minimum Gasteiger partial charge on any atom is -0.497 e. The Morgan fingerprint density at radius 3 is 2.27 bits per heavy atom. The predicted octanol–water partition coefficient (Wildman–Crippen LogP) is 4.52. The number of amides is 1. The Morgan fingerprint density at radius 2 is 1.65 bits per heavy atom. The van der Waals surface area contributed by atoms with Crippen LogP contribution in [0, 0.1) is 0 Å². The molecular formula is C21H21N3O2. The topological polar surface area (TPSA) is 63.2 Å². The average molecular weight is 347 g/mol. The minimum atomic E-state index is -0.252. The summed E-state index contributed by atoms with van der Waals surface area (Å²) < 4.78 is 5.10. The molecule has 3 aromatic rings. The van der Waals surface area contributed by atoms with Gasteiger partial charge in [0.05, 0.1) is 19.0 Å². The molecule has 5 heteroatoms. The van der Waals surface area contributed by atoms with Crippen molar-refractivity contribution >= 4 is 17.3 Å². The summed E-state index contributed by atoms with van der Waals surface area (Å²) in [5, 5.41) is 6.20. The highest BCUT2D eigenvalue weighted by molar-refractivity contribution is 6.02. The fourth-order valence-corrected chi connectivity index (χ4v) is 2.56. The summed E-state index contributed by atoms with van der Waals surface area (Å²) in [7, 11) is 1.60. The van der Waals surface area contributed by atoms with Crippen LogP contribution in [0.4, 0.5) is 11.4 Å². The first-order valence-electron chi connectivity index (χ1n) is 8.38. The number of hydrogen-bond acceptors (Lipinski definition) is 4. The second-order valence-corrected chi connectivity index (χ2v) is 5.89. The number of carbonyl (C=O) groups excluding carboxylic acids is 1. The lowest BCUT2D eigenvalue weighted by Gasteiger charge is -2.15. The van der Waals surface area contributed by atoms with Gasteiger partial charge in [0, 0.05) is 11.7 Å². The molecule has 1 atom stereocenters. The van der Waals surface area contributed by atoms with Crippen LogP contribution in [-0.4, -0.2) is 18.0 Å². The molecule has 0 bridgehead atoms. The average Bonchev–Trinajstić information content (AvgIpc) is 2.69. The summed E-state index contributed by atoms with van der Waals surface area (Å²) in [4.78, 5) is 16.6. The van der Waals surface area contributed by atoms with E-state index in [0.717, 1.165) is 11.4 Å². The molecule has 1 unspecified atom stereocenters. The van der Waals surface area contributed by atoms with Crippen molar-refractivity contribution in [2.75, 3.05) is 17.7 Å². The van der Waals surface area contributed by atoms with Crippen LogP contribution in [0.2, 0.25) is 0 Å². The van der Waals surface area contributed by atoms with Crippen LogP contribution >= 0.6 is 0 Å². The van der Waals surface area contributed by atoms with Crippen LogP contribution < -0.4 is 15.4 Å². The SMILES string of the molecule is COc1ccc(NC(=O)c2ccc(NC(C)c3ccccc3)cn2)cc1. The van der Waals surface area contributed by atoms with Gasteiger partial charge in [0.2, 0.25) is 0 Å². The molecule has 0 aliphatic carbocycles. The Hall–Kier alpha value is -3.34. The molecule has 5 nitrogen and oxygen atoms in total. The number of hydrogen-bond donors (Lipinski definition) is 2. The zero-order valence-electron chi connectivity index (χ0n) is 14.8. The summed E-state index contributed by atoms with van der Waals surface area (Å²) in [5.74, 6) is 0.488. The molecule has 3 rings (SSSR count). The zero-order chi connectivity index (χ0) is 18.4. The van der Waals surface area contributed by atoms with Crippen LogP contribution in [0.15, 0.2) is 72.9 Å². The number of ether oxygens (including phenoxy) is 1. The number of nitrogens with one attached hydrogen (secondary N) is 2. The van der Waals surface area contributed by atoms with E-state index >= 15 is 0 Å². The van der Waals surface area contributed by atoms with Gasteiger partial charge in [0.15, 0.2) is 0 Å². The second kappa shape index (κ2) is 8.16. The Balaban J connectivity index is 1.62. The Kier molecular flexibility index (Phi) is 5.49. The highest BCUT2D eigenvalue weighted by Crippen LogP contribution is 2.19. The zero-order valence-corrected chi connectivity index (χ0v) is 14.8. The standard InChI is InChI=1S/C21H21N3O2/c1-15(16-6-4-3-5-7-16)23-18-10-13-20(22-14-18)21(25)24-17-8-11-19(26-2)12-9-17/h3-15,23H,1-2H3,(H,24,25). The third-order valence-corrected chi connectivity index (χ3v) is 4.03. The van der Waals surface area contributed by atoms with E-state index in [1.165, 1.54) is 5.56 Å². The second-order valence-electron chi connectivity index (χ2n) is 5.89. The first-order chi connectivity index (χ1) is 12.7. The molecule has 0 saturated carbocycles. The third-order valence-electron chi connectivity index (χ3n) is 4.03. The molecule has 0 aliphatic rings. The molecule has 1 amide bonds. The van der Waals surface area contributed by atoms with Gasteiger partial charge in [-0.1, -0.05) is 30.3 Å². The maximum atomic E-state index is 12.3. The maximum absolute atomic E-state index is 12.3. The molecular weight excluding hydrogens is 326 g/mol. The van der Waals surface area contributed by atoms with E-state index < -0.39 is 0 Å². The number of rotatable bonds is 6. The van der Waals surface area contributed by atoms with Gasteiger partial charge >= 0.3 is 0 Å². The van der Waals surface area contributed by atoms with E-state index in [0.29, 0.717) is 11.4 Å². The molecule has 1 aromatic heterocycles. The lowest BCUT2D eigenvalue weighted by molar-refractivity contribution is 0.102. The third kappa shape index (κ3) is 4.39. The van der Waals surface area contributed by atoms with Gasteiger partial charge in [-0.2, -0.15) is 0 Å². The van der Waals surface area contributed by atoms with Crippen LogP contribution in [0.25, 0.3) is 0 Å². The van der Waals surface area contributed by atoms with Gasteiger partial charge < -0.3 is 15.4 Å². The highest BCUT2D eigenvalue weighted by Gasteiger charge is 2.09. The number of carbonyl (C=O) groups is 1. The van der Waals surface area contributed by atoms with E-state index in [-0.39, 0.29) is 11.9 Å². The molecule has 0 radical (unpaired) electrons. The monoisotopic (exact) mass is 347 g/mol. The van der Waals surface area contributed by atoms with Gasteiger partial charge in [-0.05, 0) is 48.9 Å². The van der Waals surface area contributed by atoms with Gasteiger partial charge in [-0.25, -0.2) is 4.98 Å². The smallest absolute Gasteiger partial charge is 0.274 e. The van der Waals surface area contributed by atoms with E-state index in [1.807, 2.05) is 24.3 Å². The molecule has 0 saturated heterocycles. The lowest BCUT2D eigenvalue weighted by Crippen LogP contribution is -2.14. The van der Waals surface area contributed by atoms with Crippen LogP contribution in [0.1, 0.15) is 29.0 Å². The van der Waals surface area contributed by atoms with Crippen molar-refractivity contribution in [1.29, 1.82) is 0 Å². The lowest BCUT2D eigenvalue weighted by atomic mass is 10.1. The minimum absolute atomic E-state index is 0.150. The fraction of sp³-hybridized carbons (Fsp3) is 0.143. The van der Waals surface area contributed by atoms with Crippen molar-refractivity contribution in [3.05, 3.63) is 84.2 Å². The summed E-state index contributed by atoms with van der Waals surface area (Å²) in [5.41, 5.74) is 3.10. The number of benzene rings is 2. The van der Waals surface area contributed by atoms with Crippen molar-refractivity contribution in [3.63, 3.8) is 0 Å². The van der Waals surface area contributed by atoms with Gasteiger partial charge in [0.1, 0.15) is 11.4 Å². The largest absolute Gasteiger partial charge is 0.497 e. The highest BCUT2D eigenvalue weighted by atomic mass is 16.5. The van der Waals surface area contributed by atoms with Crippen LogP contribution in [0.5, 0.6) is 5.75 Å². The first kappa shape index (κ1) is 17.5. The number of aromatic nitrogens is 1. The van der Waals surface area contributed by atoms with Crippen molar-refractivity contribution in [2.24, 2.45) is 0 Å². The fourth-order valence-electron chi connectivity index (χ4n) is 2.56. The predicted molar refractivity (Wildman–Crippen MR) is 104 cm³/mol. The maximum Gasteiger partial charge on any atom is 0.274 e. The first-order valence-corrected chi connectivity index (χ1v) is 8.38. The van der Waals surface area contributed by atoms with Crippen LogP contribution in [0.3, 0.4) is 0 Å². The van der Waals surface area contributed by atoms with Crippen molar-refractivity contribution < 1.29 is 9.53 Å². The Labute approximate surface area is 153 Å². The Morgan fingerprint density at radius 1 is 0.962 bits per heavy atom. The normalized spacial score (nSPS) is 11.5. The summed E-state index contributed by atoms with van der Waals surface area (Å²) in [6.45, 7) is 2.08.